The summed E-state index contributed by atoms with van der Waals surface area (Å²) in [5, 5.41) is 24.1. The standard InChI is InChI=1S/C23H41N3O5.C20H38O5/c1-16(2)19(28)31-10-9-26(21(3,4)5)13-18(27)25-17-11-22(6,7)14-23(8,12-17)15-24-20(29)30;1-15(2)18(3,4)14-24-16(22)11-9-10-12-17(23)25-20(7,8)19(5,6)13-21/h17,24H,1,9-15H2,2-8H3,(H,25,27)(H,29,30);15,21H,9-14H2,1-8H3. The number of rotatable bonds is 20. The Labute approximate surface area is 338 Å². The van der Waals surface area contributed by atoms with Crippen LogP contribution in [0.5, 0.6) is 0 Å². The van der Waals surface area contributed by atoms with Crippen LogP contribution in [0.4, 0.5) is 4.79 Å². The molecule has 0 aliphatic heterocycles. The fraction of sp³-hybridized carbons (Fsp3) is 0.837. The zero-order valence-electron chi connectivity index (χ0n) is 37.7. The molecule has 1 rings (SSSR count). The molecular weight excluding hydrogens is 718 g/mol. The van der Waals surface area contributed by atoms with Crippen molar-refractivity contribution in [2.75, 3.05) is 39.5 Å². The number of amides is 2. The summed E-state index contributed by atoms with van der Waals surface area (Å²) in [5.74, 6) is -0.610. The lowest BCUT2D eigenvalue weighted by atomic mass is 9.62. The molecule has 2 amide bonds. The first-order chi connectivity index (χ1) is 25.3. The summed E-state index contributed by atoms with van der Waals surface area (Å²) < 4.78 is 16.0. The van der Waals surface area contributed by atoms with Crippen LogP contribution in [0.3, 0.4) is 0 Å². The summed E-state index contributed by atoms with van der Waals surface area (Å²) in [7, 11) is 0. The summed E-state index contributed by atoms with van der Waals surface area (Å²) >= 11 is 0. The number of nitrogens with one attached hydrogen (secondary N) is 2. The molecule has 0 bridgehead atoms. The van der Waals surface area contributed by atoms with Gasteiger partial charge >= 0.3 is 24.0 Å². The maximum absolute atomic E-state index is 12.9. The Bertz CT molecular complexity index is 1320. The average Bonchev–Trinajstić information content (AvgIpc) is 3.02. The van der Waals surface area contributed by atoms with E-state index in [4.69, 9.17) is 19.3 Å². The quantitative estimate of drug-likeness (QED) is 0.0421. The second-order valence-corrected chi connectivity index (χ2v) is 20.0. The van der Waals surface area contributed by atoms with Crippen molar-refractivity contribution in [3.05, 3.63) is 12.2 Å². The minimum absolute atomic E-state index is 0.00834. The van der Waals surface area contributed by atoms with Crippen molar-refractivity contribution in [3.63, 3.8) is 0 Å². The molecule has 0 heterocycles. The molecule has 0 radical (unpaired) electrons. The number of carbonyl (C=O) groups is 5. The lowest BCUT2D eigenvalue weighted by Crippen LogP contribution is -2.53. The van der Waals surface area contributed by atoms with Crippen molar-refractivity contribution in [1.29, 1.82) is 0 Å². The highest BCUT2D eigenvalue weighted by molar-refractivity contribution is 5.86. The van der Waals surface area contributed by atoms with Crippen LogP contribution >= 0.6 is 0 Å². The number of carbonyl (C=O) groups excluding carboxylic acids is 4. The van der Waals surface area contributed by atoms with Crippen LogP contribution in [0, 0.1) is 27.6 Å². The van der Waals surface area contributed by atoms with Gasteiger partial charge in [0.15, 0.2) is 0 Å². The zero-order chi connectivity index (χ0) is 43.9. The van der Waals surface area contributed by atoms with Crippen molar-refractivity contribution in [1.82, 2.24) is 15.5 Å². The molecule has 13 heteroatoms. The Kier molecular flexibility index (Phi) is 20.8. The molecule has 0 aromatic rings. The first-order valence-electron chi connectivity index (χ1n) is 20.1. The molecule has 0 spiro atoms. The van der Waals surface area contributed by atoms with Crippen molar-refractivity contribution < 1.29 is 48.4 Å². The van der Waals surface area contributed by atoms with E-state index in [2.05, 4.69) is 65.7 Å². The van der Waals surface area contributed by atoms with Gasteiger partial charge in [-0.1, -0.05) is 68.9 Å². The van der Waals surface area contributed by atoms with E-state index in [1.165, 1.54) is 0 Å². The third kappa shape index (κ3) is 20.3. The second-order valence-electron chi connectivity index (χ2n) is 20.0. The number of nitrogens with zero attached hydrogens (tertiary/aromatic N) is 1. The lowest BCUT2D eigenvalue weighted by Gasteiger charge is -2.47. The van der Waals surface area contributed by atoms with Crippen molar-refractivity contribution in [3.8, 4) is 0 Å². The molecule has 4 N–H and O–H groups in total. The third-order valence-electron chi connectivity index (χ3n) is 11.3. The number of unbranched alkanes of at least 4 members (excludes halogenated alkanes) is 1. The zero-order valence-corrected chi connectivity index (χ0v) is 37.7. The number of aliphatic hydroxyl groups excluding tert-OH is 1. The van der Waals surface area contributed by atoms with Crippen molar-refractivity contribution >= 4 is 29.9 Å². The summed E-state index contributed by atoms with van der Waals surface area (Å²) in [6.07, 6.45) is 3.16. The van der Waals surface area contributed by atoms with E-state index in [9.17, 15) is 29.1 Å². The molecule has 1 aliphatic carbocycles. The minimum atomic E-state index is -1.03. The van der Waals surface area contributed by atoms with E-state index in [1.807, 2.05) is 39.5 Å². The van der Waals surface area contributed by atoms with Gasteiger partial charge < -0.3 is 35.1 Å². The lowest BCUT2D eigenvalue weighted by molar-refractivity contribution is -0.171. The third-order valence-corrected chi connectivity index (χ3v) is 11.3. The van der Waals surface area contributed by atoms with Gasteiger partial charge in [0.1, 0.15) is 12.2 Å². The predicted octanol–water partition coefficient (Wildman–Crippen LogP) is 7.29. The van der Waals surface area contributed by atoms with Gasteiger partial charge in [0.05, 0.1) is 19.8 Å². The van der Waals surface area contributed by atoms with E-state index in [-0.39, 0.29) is 71.9 Å². The Morgan fingerprint density at radius 3 is 1.93 bits per heavy atom. The molecule has 0 aromatic carbocycles. The van der Waals surface area contributed by atoms with Crippen LogP contribution < -0.4 is 10.6 Å². The van der Waals surface area contributed by atoms with Crippen LogP contribution in [-0.2, 0) is 33.4 Å². The molecule has 1 aliphatic rings. The molecule has 0 saturated heterocycles. The first-order valence-corrected chi connectivity index (χ1v) is 20.1. The maximum Gasteiger partial charge on any atom is 0.404 e. The number of aliphatic hydroxyl groups is 1. The van der Waals surface area contributed by atoms with Gasteiger partial charge in [0.25, 0.3) is 0 Å². The summed E-state index contributed by atoms with van der Waals surface area (Å²) in [5.41, 5.74) is -1.47. The Morgan fingerprint density at radius 1 is 0.893 bits per heavy atom. The SMILES string of the molecule is C=C(C)C(=O)OCCN(CC(=O)NC1CC(C)(C)CC(C)(CNC(=O)O)C1)C(C)(C)C.CC(C)C(C)(C)COC(=O)CCCCC(=O)OC(C)(C)C(C)(C)CO. The Hall–Kier alpha value is -3.19. The molecule has 13 nitrogen and oxygen atoms in total. The first kappa shape index (κ1) is 52.8. The fourth-order valence-electron chi connectivity index (χ4n) is 6.34. The number of hydrogen-bond donors (Lipinski definition) is 4. The van der Waals surface area contributed by atoms with Crippen LogP contribution in [-0.4, -0.2) is 102 Å². The number of ether oxygens (including phenoxy) is 3. The van der Waals surface area contributed by atoms with Crippen LogP contribution in [0.1, 0.15) is 149 Å². The average molecular weight is 798 g/mol. The van der Waals surface area contributed by atoms with Crippen LogP contribution in [0.15, 0.2) is 12.2 Å². The van der Waals surface area contributed by atoms with E-state index >= 15 is 0 Å². The van der Waals surface area contributed by atoms with Crippen LogP contribution in [0.25, 0.3) is 0 Å². The minimum Gasteiger partial charge on any atom is -0.465 e. The molecule has 2 unspecified atom stereocenters. The van der Waals surface area contributed by atoms with Gasteiger partial charge in [-0.3, -0.25) is 19.3 Å². The van der Waals surface area contributed by atoms with Gasteiger partial charge in [-0.2, -0.15) is 0 Å². The number of esters is 3. The van der Waals surface area contributed by atoms with Gasteiger partial charge in [0.2, 0.25) is 5.91 Å². The second kappa shape index (κ2) is 22.1. The fourth-order valence-corrected chi connectivity index (χ4v) is 6.34. The highest BCUT2D eigenvalue weighted by Gasteiger charge is 2.42. The predicted molar refractivity (Wildman–Crippen MR) is 220 cm³/mol. The van der Waals surface area contributed by atoms with Gasteiger partial charge in [0, 0.05) is 53.9 Å². The highest BCUT2D eigenvalue weighted by atomic mass is 16.6. The largest absolute Gasteiger partial charge is 0.465 e. The van der Waals surface area contributed by atoms with Gasteiger partial charge in [-0.25, -0.2) is 9.59 Å². The van der Waals surface area contributed by atoms with Crippen molar-refractivity contribution in [2.24, 2.45) is 27.6 Å². The van der Waals surface area contributed by atoms with Gasteiger partial charge in [-0.15, -0.1) is 0 Å². The van der Waals surface area contributed by atoms with E-state index in [1.54, 1.807) is 20.8 Å². The van der Waals surface area contributed by atoms with Gasteiger partial charge in [-0.05, 0) is 90.4 Å². The van der Waals surface area contributed by atoms with E-state index < -0.39 is 23.1 Å². The summed E-state index contributed by atoms with van der Waals surface area (Å²) in [4.78, 5) is 61.2. The molecule has 1 fully saturated rings. The Morgan fingerprint density at radius 2 is 1.45 bits per heavy atom. The molecule has 0 aromatic heterocycles. The molecule has 326 valence electrons. The Balaban J connectivity index is 0.00000111. The summed E-state index contributed by atoms with van der Waals surface area (Å²) in [6.45, 7) is 34.8. The van der Waals surface area contributed by atoms with E-state index in [0.29, 0.717) is 56.9 Å². The van der Waals surface area contributed by atoms with Crippen molar-refractivity contribution in [2.45, 2.75) is 166 Å². The van der Waals surface area contributed by atoms with E-state index in [0.717, 1.165) is 12.8 Å². The number of carboxylic acid groups (broad SMARTS) is 1. The normalized spacial score (nSPS) is 18.6. The summed E-state index contributed by atoms with van der Waals surface area (Å²) in [6, 6.07) is -0.0279. The topological polar surface area (TPSA) is 181 Å². The van der Waals surface area contributed by atoms with Crippen LogP contribution in [0.2, 0.25) is 0 Å². The molecule has 2 atom stereocenters. The highest BCUT2D eigenvalue weighted by Crippen LogP contribution is 2.45. The molecular formula is C43H79N3O10. The monoisotopic (exact) mass is 798 g/mol. The number of hydrogen-bond acceptors (Lipinski definition) is 10. The molecule has 56 heavy (non-hydrogen) atoms. The maximum atomic E-state index is 12.9. The smallest absolute Gasteiger partial charge is 0.404 e. The molecule has 1 saturated carbocycles.